The Kier molecular flexibility index (Phi) is 6.29. The summed E-state index contributed by atoms with van der Waals surface area (Å²) < 4.78 is 7.19. The molecule has 0 radical (unpaired) electrons. The van der Waals surface area contributed by atoms with Gasteiger partial charge in [-0.05, 0) is 53.8 Å². The monoisotopic (exact) mass is 452 g/mol. The zero-order chi connectivity index (χ0) is 23.0. The summed E-state index contributed by atoms with van der Waals surface area (Å²) >= 11 is 6.68. The molecular formula is C26H29ClN2O3. The van der Waals surface area contributed by atoms with Crippen molar-refractivity contribution < 1.29 is 9.53 Å². The number of ether oxygens (including phenoxy) is 1. The second-order valence-corrected chi connectivity index (χ2v) is 9.32. The zero-order valence-electron chi connectivity index (χ0n) is 19.0. The van der Waals surface area contributed by atoms with Crippen LogP contribution in [0.2, 0.25) is 5.02 Å². The number of fused-ring (bicyclic) bond motifs is 1. The summed E-state index contributed by atoms with van der Waals surface area (Å²) in [5.74, 6) is 1.63. The van der Waals surface area contributed by atoms with E-state index in [4.69, 9.17) is 16.3 Å². The van der Waals surface area contributed by atoms with Gasteiger partial charge in [-0.25, -0.2) is 0 Å². The number of halogens is 1. The van der Waals surface area contributed by atoms with E-state index < -0.39 is 0 Å². The predicted molar refractivity (Wildman–Crippen MR) is 130 cm³/mol. The molecule has 3 aromatic rings. The van der Waals surface area contributed by atoms with Crippen molar-refractivity contribution in [1.29, 1.82) is 0 Å². The minimum Gasteiger partial charge on any atom is -0.496 e. The van der Waals surface area contributed by atoms with Gasteiger partial charge in [-0.1, -0.05) is 43.6 Å². The first kappa shape index (κ1) is 22.4. The maximum Gasteiger partial charge on any atom is 0.259 e. The number of methoxy groups -OCH3 is 1. The van der Waals surface area contributed by atoms with Gasteiger partial charge in [0.2, 0.25) is 0 Å². The third kappa shape index (κ3) is 4.02. The summed E-state index contributed by atoms with van der Waals surface area (Å²) in [7, 11) is 3.28. The van der Waals surface area contributed by atoms with Crippen LogP contribution in [-0.2, 0) is 7.05 Å². The molecule has 1 aromatic heterocycles. The highest BCUT2D eigenvalue weighted by atomic mass is 35.5. The van der Waals surface area contributed by atoms with Crippen LogP contribution in [0.4, 0.5) is 0 Å². The normalized spacial score (nSPS) is 14.9. The van der Waals surface area contributed by atoms with Crippen LogP contribution in [0.5, 0.6) is 5.75 Å². The Morgan fingerprint density at radius 1 is 1.12 bits per heavy atom. The van der Waals surface area contributed by atoms with Crippen LogP contribution < -0.4 is 10.3 Å². The van der Waals surface area contributed by atoms with Crippen LogP contribution in [0.25, 0.3) is 21.9 Å². The highest BCUT2D eigenvalue weighted by Crippen LogP contribution is 2.37. The number of rotatable bonds is 4. The van der Waals surface area contributed by atoms with Gasteiger partial charge >= 0.3 is 0 Å². The van der Waals surface area contributed by atoms with E-state index in [2.05, 4.69) is 13.8 Å². The van der Waals surface area contributed by atoms with Crippen molar-refractivity contribution >= 4 is 28.3 Å². The average molecular weight is 453 g/mol. The van der Waals surface area contributed by atoms with Crippen molar-refractivity contribution in [3.8, 4) is 16.9 Å². The molecule has 1 aliphatic rings. The minimum atomic E-state index is -0.0917. The van der Waals surface area contributed by atoms with Gasteiger partial charge in [-0.15, -0.1) is 0 Å². The number of carbonyl (C=O) groups excluding carboxylic acids is 1. The van der Waals surface area contributed by atoms with E-state index >= 15 is 0 Å². The lowest BCUT2D eigenvalue weighted by molar-refractivity contribution is 0.0664. The quantitative estimate of drug-likeness (QED) is 0.534. The fraction of sp³-hybridized carbons (Fsp3) is 0.385. The van der Waals surface area contributed by atoms with Crippen molar-refractivity contribution in [2.45, 2.75) is 26.7 Å². The number of benzene rings is 2. The molecule has 0 spiro atoms. The first-order valence-corrected chi connectivity index (χ1v) is 11.4. The van der Waals surface area contributed by atoms with Crippen LogP contribution in [0.15, 0.2) is 47.4 Å². The summed E-state index contributed by atoms with van der Waals surface area (Å²) in [6.45, 7) is 5.94. The topological polar surface area (TPSA) is 51.5 Å². The Hall–Kier alpha value is -2.79. The van der Waals surface area contributed by atoms with E-state index in [0.717, 1.165) is 42.4 Å². The molecule has 6 heteroatoms. The lowest BCUT2D eigenvalue weighted by Crippen LogP contribution is -2.39. The van der Waals surface area contributed by atoms with Crippen molar-refractivity contribution in [1.82, 2.24) is 9.47 Å². The van der Waals surface area contributed by atoms with Crippen molar-refractivity contribution in [2.24, 2.45) is 18.9 Å². The molecule has 5 nitrogen and oxygen atoms in total. The van der Waals surface area contributed by atoms with Gasteiger partial charge in [-0.2, -0.15) is 0 Å². The first-order chi connectivity index (χ1) is 15.3. The first-order valence-electron chi connectivity index (χ1n) is 11.1. The second-order valence-electron chi connectivity index (χ2n) is 8.91. The van der Waals surface area contributed by atoms with Gasteiger partial charge in [0, 0.05) is 37.3 Å². The Morgan fingerprint density at radius 3 is 2.41 bits per heavy atom. The van der Waals surface area contributed by atoms with E-state index in [9.17, 15) is 9.59 Å². The molecule has 2 heterocycles. The fourth-order valence-corrected chi connectivity index (χ4v) is 4.97. The SMILES string of the molecule is COc1cc(-c2cn(C)c(=O)c3ccccc23)cc(Cl)c1C(=O)N1CCC(C(C)C)CC1. The third-order valence-electron chi connectivity index (χ3n) is 6.66. The Balaban J connectivity index is 1.75. The minimum absolute atomic E-state index is 0.0565. The number of piperidine rings is 1. The van der Waals surface area contributed by atoms with E-state index in [1.807, 2.05) is 35.2 Å². The molecule has 4 rings (SSSR count). The molecular weight excluding hydrogens is 424 g/mol. The molecule has 1 fully saturated rings. The zero-order valence-corrected chi connectivity index (χ0v) is 19.8. The maximum absolute atomic E-state index is 13.4. The molecule has 0 aliphatic carbocycles. The summed E-state index contributed by atoms with van der Waals surface area (Å²) in [5, 5.41) is 1.83. The fourth-order valence-electron chi connectivity index (χ4n) is 4.68. The van der Waals surface area contributed by atoms with E-state index in [0.29, 0.717) is 33.6 Å². The number of aromatic nitrogens is 1. The Labute approximate surface area is 193 Å². The molecule has 32 heavy (non-hydrogen) atoms. The summed E-state index contributed by atoms with van der Waals surface area (Å²) in [6, 6.07) is 11.1. The molecule has 1 amide bonds. The summed E-state index contributed by atoms with van der Waals surface area (Å²) in [4.78, 5) is 27.8. The molecule has 0 atom stereocenters. The number of carbonyl (C=O) groups is 1. The smallest absolute Gasteiger partial charge is 0.259 e. The van der Waals surface area contributed by atoms with Crippen LogP contribution in [0.1, 0.15) is 37.0 Å². The van der Waals surface area contributed by atoms with Crippen molar-refractivity contribution in [3.05, 3.63) is 63.5 Å². The highest BCUT2D eigenvalue weighted by Gasteiger charge is 2.29. The van der Waals surface area contributed by atoms with E-state index in [1.54, 1.807) is 31.0 Å². The standard InChI is InChI=1S/C26H29ClN2O3/c1-16(2)17-9-11-29(12-10-17)26(31)24-22(27)13-18(14-23(24)32-4)21-15-28(3)25(30)20-8-6-5-7-19(20)21/h5-8,13-17H,9-12H2,1-4H3. The number of likely N-dealkylation sites (tertiary alicyclic amines) is 1. The van der Waals surface area contributed by atoms with Crippen LogP contribution in [-0.4, -0.2) is 35.6 Å². The van der Waals surface area contributed by atoms with E-state index in [-0.39, 0.29) is 11.5 Å². The number of aryl methyl sites for hydroxylation is 1. The average Bonchev–Trinajstić information content (AvgIpc) is 2.80. The number of amides is 1. The number of hydrogen-bond donors (Lipinski definition) is 0. The van der Waals surface area contributed by atoms with Crippen molar-refractivity contribution in [2.75, 3.05) is 20.2 Å². The van der Waals surface area contributed by atoms with Gasteiger partial charge in [0.1, 0.15) is 11.3 Å². The molecule has 1 saturated heterocycles. The highest BCUT2D eigenvalue weighted by molar-refractivity contribution is 6.34. The molecule has 0 unspecified atom stereocenters. The van der Waals surface area contributed by atoms with Crippen molar-refractivity contribution in [3.63, 3.8) is 0 Å². The van der Waals surface area contributed by atoms with Gasteiger partial charge in [0.15, 0.2) is 0 Å². The molecule has 168 valence electrons. The summed E-state index contributed by atoms with van der Waals surface area (Å²) in [5.41, 5.74) is 2.00. The number of hydrogen-bond acceptors (Lipinski definition) is 3. The Bertz CT molecular complexity index is 1220. The molecule has 0 saturated carbocycles. The number of nitrogens with zero attached hydrogens (tertiary/aromatic N) is 2. The van der Waals surface area contributed by atoms with E-state index in [1.165, 1.54) is 0 Å². The van der Waals surface area contributed by atoms with Gasteiger partial charge in [-0.3, -0.25) is 9.59 Å². The van der Waals surface area contributed by atoms with Crippen LogP contribution in [0, 0.1) is 11.8 Å². The molecule has 2 aromatic carbocycles. The molecule has 0 N–H and O–H groups in total. The predicted octanol–water partition coefficient (Wildman–Crippen LogP) is 5.38. The Morgan fingerprint density at radius 2 is 1.78 bits per heavy atom. The lowest BCUT2D eigenvalue weighted by Gasteiger charge is -2.34. The summed E-state index contributed by atoms with van der Waals surface area (Å²) in [6.07, 6.45) is 3.81. The second kappa shape index (κ2) is 8.99. The number of pyridine rings is 1. The molecule has 0 bridgehead atoms. The van der Waals surface area contributed by atoms with Crippen LogP contribution in [0.3, 0.4) is 0 Å². The molecule has 1 aliphatic heterocycles. The van der Waals surface area contributed by atoms with Gasteiger partial charge in [0.25, 0.3) is 11.5 Å². The lowest BCUT2D eigenvalue weighted by atomic mass is 9.86. The van der Waals surface area contributed by atoms with Crippen LogP contribution >= 0.6 is 11.6 Å². The van der Waals surface area contributed by atoms with Gasteiger partial charge < -0.3 is 14.2 Å². The van der Waals surface area contributed by atoms with Gasteiger partial charge in [0.05, 0.1) is 12.1 Å². The largest absolute Gasteiger partial charge is 0.496 e. The maximum atomic E-state index is 13.4. The third-order valence-corrected chi connectivity index (χ3v) is 6.96.